The lowest BCUT2D eigenvalue weighted by molar-refractivity contribution is 0.624. The van der Waals surface area contributed by atoms with Crippen LogP contribution in [0.25, 0.3) is 11.1 Å². The van der Waals surface area contributed by atoms with Gasteiger partial charge in [0.05, 0.1) is 5.56 Å². The number of aromatic nitrogens is 1. The van der Waals surface area contributed by atoms with E-state index in [4.69, 9.17) is 5.26 Å². The smallest absolute Gasteiger partial charge is 0.141 e. The highest BCUT2D eigenvalue weighted by atomic mass is 19.1. The molecule has 0 aliphatic carbocycles. The zero-order valence-electron chi connectivity index (χ0n) is 10.3. The van der Waals surface area contributed by atoms with Crippen molar-refractivity contribution in [1.29, 1.82) is 5.26 Å². The number of hydrogen-bond acceptors (Lipinski definition) is 2. The number of rotatable bonds is 2. The van der Waals surface area contributed by atoms with Gasteiger partial charge in [0.25, 0.3) is 0 Å². The quantitative estimate of drug-likeness (QED) is 0.798. The number of pyridine rings is 1. The molecule has 90 valence electrons. The van der Waals surface area contributed by atoms with E-state index in [0.29, 0.717) is 5.92 Å². The first-order valence-electron chi connectivity index (χ1n) is 5.78. The molecular formula is C15H13FN2. The summed E-state index contributed by atoms with van der Waals surface area (Å²) in [4.78, 5) is 4.27. The summed E-state index contributed by atoms with van der Waals surface area (Å²) < 4.78 is 13.6. The SMILES string of the molecule is CC(C)c1cc(-c2ccc(C#N)c(F)c2)ccn1. The Kier molecular flexibility index (Phi) is 3.38. The Hall–Kier alpha value is -2.21. The molecule has 0 N–H and O–H groups in total. The van der Waals surface area contributed by atoms with Gasteiger partial charge >= 0.3 is 0 Å². The largest absolute Gasteiger partial charge is 0.261 e. The van der Waals surface area contributed by atoms with Crippen LogP contribution >= 0.6 is 0 Å². The highest BCUT2D eigenvalue weighted by molar-refractivity contribution is 5.64. The van der Waals surface area contributed by atoms with Crippen LogP contribution < -0.4 is 0 Å². The monoisotopic (exact) mass is 240 g/mol. The molecule has 2 rings (SSSR count). The second-order valence-electron chi connectivity index (χ2n) is 4.43. The fourth-order valence-electron chi connectivity index (χ4n) is 1.73. The first-order valence-corrected chi connectivity index (χ1v) is 5.78. The van der Waals surface area contributed by atoms with Crippen molar-refractivity contribution in [3.8, 4) is 17.2 Å². The molecule has 1 aromatic heterocycles. The molecule has 0 bridgehead atoms. The number of hydrogen-bond donors (Lipinski definition) is 0. The van der Waals surface area contributed by atoms with Gasteiger partial charge in [-0.3, -0.25) is 4.98 Å². The Labute approximate surface area is 106 Å². The van der Waals surface area contributed by atoms with Crippen LogP contribution in [-0.4, -0.2) is 4.98 Å². The van der Waals surface area contributed by atoms with Gasteiger partial charge < -0.3 is 0 Å². The summed E-state index contributed by atoms with van der Waals surface area (Å²) in [6, 6.07) is 10.2. The summed E-state index contributed by atoms with van der Waals surface area (Å²) in [7, 11) is 0. The van der Waals surface area contributed by atoms with Gasteiger partial charge in [-0.25, -0.2) is 4.39 Å². The van der Waals surface area contributed by atoms with E-state index in [1.54, 1.807) is 12.3 Å². The normalized spacial score (nSPS) is 10.4. The van der Waals surface area contributed by atoms with E-state index in [9.17, 15) is 4.39 Å². The molecule has 3 heteroatoms. The second-order valence-corrected chi connectivity index (χ2v) is 4.43. The Bertz CT molecular complexity index is 612. The molecule has 0 aliphatic rings. The third-order valence-corrected chi connectivity index (χ3v) is 2.80. The van der Waals surface area contributed by atoms with Crippen molar-refractivity contribution in [2.45, 2.75) is 19.8 Å². The lowest BCUT2D eigenvalue weighted by Gasteiger charge is -2.07. The van der Waals surface area contributed by atoms with Crippen molar-refractivity contribution < 1.29 is 4.39 Å². The molecule has 1 heterocycles. The van der Waals surface area contributed by atoms with Crippen molar-refractivity contribution in [3.05, 3.63) is 53.6 Å². The van der Waals surface area contributed by atoms with Crippen LogP contribution in [0.2, 0.25) is 0 Å². The summed E-state index contributed by atoms with van der Waals surface area (Å²) in [6.45, 7) is 4.12. The maximum absolute atomic E-state index is 13.6. The fourth-order valence-corrected chi connectivity index (χ4v) is 1.73. The first kappa shape index (κ1) is 12.3. The van der Waals surface area contributed by atoms with Crippen LogP contribution in [0.3, 0.4) is 0 Å². The summed E-state index contributed by atoms with van der Waals surface area (Å²) in [5.74, 6) is -0.161. The molecule has 2 aromatic rings. The van der Waals surface area contributed by atoms with Gasteiger partial charge in [-0.05, 0) is 41.3 Å². The van der Waals surface area contributed by atoms with Gasteiger partial charge in [0.1, 0.15) is 11.9 Å². The van der Waals surface area contributed by atoms with E-state index in [0.717, 1.165) is 16.8 Å². The van der Waals surface area contributed by atoms with Crippen molar-refractivity contribution >= 4 is 0 Å². The third kappa shape index (κ3) is 2.38. The second kappa shape index (κ2) is 4.97. The molecule has 0 atom stereocenters. The number of benzene rings is 1. The van der Waals surface area contributed by atoms with Gasteiger partial charge in [0, 0.05) is 11.9 Å². The summed E-state index contributed by atoms with van der Waals surface area (Å²) in [6.07, 6.45) is 1.72. The molecule has 0 amide bonds. The topological polar surface area (TPSA) is 36.7 Å². The molecule has 2 nitrogen and oxygen atoms in total. The minimum Gasteiger partial charge on any atom is -0.261 e. The van der Waals surface area contributed by atoms with E-state index in [1.807, 2.05) is 18.2 Å². The fraction of sp³-hybridized carbons (Fsp3) is 0.200. The first-order chi connectivity index (χ1) is 8.61. The average molecular weight is 240 g/mol. The minimum atomic E-state index is -0.488. The Morgan fingerprint density at radius 3 is 2.50 bits per heavy atom. The summed E-state index contributed by atoms with van der Waals surface area (Å²) in [5.41, 5.74) is 2.71. The van der Waals surface area contributed by atoms with Crippen LogP contribution in [0, 0.1) is 17.1 Å². The maximum Gasteiger partial charge on any atom is 0.141 e. The van der Waals surface area contributed by atoms with Gasteiger partial charge in [-0.15, -0.1) is 0 Å². The third-order valence-electron chi connectivity index (χ3n) is 2.80. The highest BCUT2D eigenvalue weighted by Crippen LogP contribution is 2.24. The maximum atomic E-state index is 13.6. The van der Waals surface area contributed by atoms with Gasteiger partial charge in [-0.2, -0.15) is 5.26 Å². The van der Waals surface area contributed by atoms with Crippen LogP contribution in [0.5, 0.6) is 0 Å². The summed E-state index contributed by atoms with van der Waals surface area (Å²) in [5, 5.41) is 8.70. The molecule has 0 spiro atoms. The summed E-state index contributed by atoms with van der Waals surface area (Å²) >= 11 is 0. The molecule has 0 saturated heterocycles. The molecule has 0 aliphatic heterocycles. The zero-order chi connectivity index (χ0) is 13.1. The Morgan fingerprint density at radius 2 is 1.89 bits per heavy atom. The minimum absolute atomic E-state index is 0.0666. The number of nitrogens with zero attached hydrogens (tertiary/aromatic N) is 2. The van der Waals surface area contributed by atoms with Gasteiger partial charge in [-0.1, -0.05) is 19.9 Å². The highest BCUT2D eigenvalue weighted by Gasteiger charge is 2.07. The standard InChI is InChI=1S/C15H13FN2/c1-10(2)15-8-12(5-6-18-15)11-3-4-13(9-17)14(16)7-11/h3-8,10H,1-2H3. The van der Waals surface area contributed by atoms with Crippen LogP contribution in [0.1, 0.15) is 31.0 Å². The lowest BCUT2D eigenvalue weighted by atomic mass is 10.0. The molecule has 18 heavy (non-hydrogen) atoms. The van der Waals surface area contributed by atoms with E-state index in [-0.39, 0.29) is 5.56 Å². The molecule has 0 unspecified atom stereocenters. The van der Waals surface area contributed by atoms with E-state index >= 15 is 0 Å². The average Bonchev–Trinajstić information content (AvgIpc) is 2.38. The van der Waals surface area contributed by atoms with Gasteiger partial charge in [0.15, 0.2) is 0 Å². The van der Waals surface area contributed by atoms with Crippen molar-refractivity contribution in [2.24, 2.45) is 0 Å². The lowest BCUT2D eigenvalue weighted by Crippen LogP contribution is -1.93. The van der Waals surface area contributed by atoms with Crippen LogP contribution in [-0.2, 0) is 0 Å². The van der Waals surface area contributed by atoms with Crippen molar-refractivity contribution in [1.82, 2.24) is 4.98 Å². The van der Waals surface area contributed by atoms with E-state index < -0.39 is 5.82 Å². The Morgan fingerprint density at radius 1 is 1.17 bits per heavy atom. The molecule has 1 aromatic carbocycles. The predicted molar refractivity (Wildman–Crippen MR) is 68.4 cm³/mol. The van der Waals surface area contributed by atoms with Crippen molar-refractivity contribution in [2.75, 3.05) is 0 Å². The van der Waals surface area contributed by atoms with Crippen LogP contribution in [0.4, 0.5) is 4.39 Å². The molecule has 0 saturated carbocycles. The van der Waals surface area contributed by atoms with Crippen molar-refractivity contribution in [3.63, 3.8) is 0 Å². The van der Waals surface area contributed by atoms with E-state index in [2.05, 4.69) is 18.8 Å². The predicted octanol–water partition coefficient (Wildman–Crippen LogP) is 3.88. The number of halogens is 1. The molecule has 0 fully saturated rings. The number of nitriles is 1. The zero-order valence-corrected chi connectivity index (χ0v) is 10.3. The Balaban J connectivity index is 2.46. The van der Waals surface area contributed by atoms with E-state index in [1.165, 1.54) is 12.1 Å². The molecule has 0 radical (unpaired) electrons. The van der Waals surface area contributed by atoms with Crippen LogP contribution in [0.15, 0.2) is 36.5 Å². The molecular weight excluding hydrogens is 227 g/mol. The van der Waals surface area contributed by atoms with Gasteiger partial charge in [0.2, 0.25) is 0 Å².